The van der Waals surface area contributed by atoms with Crippen LogP contribution in [0.4, 0.5) is 14.9 Å². The Labute approximate surface area is 291 Å². The first-order chi connectivity index (χ1) is 23.1. The number of aliphatic hydroxyl groups excluding tert-OH is 1. The molecule has 274 valence electrons. The van der Waals surface area contributed by atoms with E-state index >= 15 is 0 Å². The van der Waals surface area contributed by atoms with E-state index in [1.165, 1.54) is 22.7 Å². The Morgan fingerprint density at radius 1 is 1.06 bits per heavy atom. The summed E-state index contributed by atoms with van der Waals surface area (Å²) in [6, 6.07) is 4.80. The van der Waals surface area contributed by atoms with Gasteiger partial charge < -0.3 is 29.3 Å². The number of aliphatic hydroxyl groups is 1. The van der Waals surface area contributed by atoms with Crippen molar-refractivity contribution in [2.24, 2.45) is 17.8 Å². The van der Waals surface area contributed by atoms with Crippen molar-refractivity contribution in [2.75, 3.05) is 71.1 Å². The van der Waals surface area contributed by atoms with Crippen molar-refractivity contribution in [1.29, 1.82) is 0 Å². The number of nitrogens with zero attached hydrogens (tertiary/aromatic N) is 4. The van der Waals surface area contributed by atoms with Crippen molar-refractivity contribution < 1.29 is 37.0 Å². The minimum absolute atomic E-state index is 0.0880. The zero-order valence-corrected chi connectivity index (χ0v) is 30.7. The largest absolute Gasteiger partial charge is 0.457 e. The molecular weight excluding hydrogens is 651 g/mol. The van der Waals surface area contributed by atoms with Crippen LogP contribution in [-0.4, -0.2) is 124 Å². The van der Waals surface area contributed by atoms with Gasteiger partial charge in [0.25, 0.3) is 0 Å². The first kappa shape index (κ1) is 38.8. The van der Waals surface area contributed by atoms with Crippen molar-refractivity contribution >= 4 is 33.8 Å². The first-order valence-electron chi connectivity index (χ1n) is 17.4. The lowest BCUT2D eigenvalue weighted by Gasteiger charge is -2.33. The standard InChI is InChI=1S/C36H55FN4O7S/c1-25-7-9-32(42)23-34(43)48-35(26(2)8-10-33(25)47-36(44)40-17-15-38(4)16-18-40)27(3)19-29-20-30(37)22-31(21-29)39(5)24-28-11-13-41(14-12-28)49(6,45)46/h8,10,19-22,25-26,28,32-33,35,42H,7,9,11-18,23-24H2,1-6H3/b10-8+,27-19+/t25-,26-,32+,33+,35-/m0/s1. The second kappa shape index (κ2) is 17.3. The zero-order valence-electron chi connectivity index (χ0n) is 29.9. The van der Waals surface area contributed by atoms with E-state index in [-0.39, 0.29) is 30.3 Å². The number of carbonyl (C=O) groups is 2. The van der Waals surface area contributed by atoms with E-state index in [1.807, 2.05) is 64.1 Å². The number of likely N-dealkylation sites (N-methyl/N-ethyl adjacent to an activating group) is 1. The number of carbonyl (C=O) groups excluding carboxylic acids is 2. The van der Waals surface area contributed by atoms with Gasteiger partial charge in [0.1, 0.15) is 18.0 Å². The highest BCUT2D eigenvalue weighted by Crippen LogP contribution is 2.28. The molecule has 3 heterocycles. The minimum atomic E-state index is -3.21. The van der Waals surface area contributed by atoms with E-state index in [4.69, 9.17) is 9.47 Å². The first-order valence-corrected chi connectivity index (χ1v) is 19.3. The number of esters is 1. The Bertz CT molecular complexity index is 1450. The van der Waals surface area contributed by atoms with Crippen LogP contribution in [0.5, 0.6) is 0 Å². The number of piperidine rings is 1. The molecule has 0 saturated carbocycles. The van der Waals surface area contributed by atoms with Gasteiger partial charge in [-0.05, 0) is 86.9 Å². The minimum Gasteiger partial charge on any atom is -0.457 e. The van der Waals surface area contributed by atoms with Crippen molar-refractivity contribution in [1.82, 2.24) is 14.1 Å². The van der Waals surface area contributed by atoms with Crippen molar-refractivity contribution in [2.45, 2.75) is 71.2 Å². The number of hydrogen-bond acceptors (Lipinski definition) is 9. The highest BCUT2D eigenvalue weighted by molar-refractivity contribution is 7.88. The average molecular weight is 707 g/mol. The molecule has 13 heteroatoms. The van der Waals surface area contributed by atoms with Gasteiger partial charge in [0.2, 0.25) is 10.0 Å². The Balaban J connectivity index is 1.51. The lowest BCUT2D eigenvalue weighted by molar-refractivity contribution is -0.151. The fourth-order valence-electron chi connectivity index (χ4n) is 6.79. The third-order valence-electron chi connectivity index (χ3n) is 10.0. The second-order valence-corrected chi connectivity index (χ2v) is 16.3. The average Bonchev–Trinajstić information content (AvgIpc) is 3.03. The van der Waals surface area contributed by atoms with Crippen LogP contribution >= 0.6 is 0 Å². The molecule has 4 rings (SSSR count). The summed E-state index contributed by atoms with van der Waals surface area (Å²) < 4.78 is 52.2. The number of cyclic esters (lactones) is 1. The van der Waals surface area contributed by atoms with Crippen LogP contribution in [0.1, 0.15) is 58.4 Å². The van der Waals surface area contributed by atoms with E-state index in [0.717, 1.165) is 25.9 Å². The topological polar surface area (TPSA) is 120 Å². The molecule has 0 radical (unpaired) electrons. The van der Waals surface area contributed by atoms with Crippen LogP contribution in [0.15, 0.2) is 35.9 Å². The van der Waals surface area contributed by atoms with Crippen molar-refractivity contribution in [3.63, 3.8) is 0 Å². The van der Waals surface area contributed by atoms with E-state index in [9.17, 15) is 27.5 Å². The van der Waals surface area contributed by atoms with Gasteiger partial charge in [0, 0.05) is 64.5 Å². The van der Waals surface area contributed by atoms with E-state index in [2.05, 4.69) is 4.90 Å². The number of hydrogen-bond donors (Lipinski definition) is 1. The third-order valence-corrected chi connectivity index (χ3v) is 11.3. The molecule has 1 N–H and O–H groups in total. The van der Waals surface area contributed by atoms with Crippen LogP contribution in [0.2, 0.25) is 0 Å². The van der Waals surface area contributed by atoms with Crippen LogP contribution in [0.25, 0.3) is 6.08 Å². The van der Waals surface area contributed by atoms with Gasteiger partial charge in [0.05, 0.1) is 18.8 Å². The molecule has 3 aliphatic heterocycles. The van der Waals surface area contributed by atoms with Crippen LogP contribution in [0, 0.1) is 23.6 Å². The van der Waals surface area contributed by atoms with Gasteiger partial charge >= 0.3 is 12.1 Å². The van der Waals surface area contributed by atoms with Crippen LogP contribution in [-0.2, 0) is 24.3 Å². The smallest absolute Gasteiger partial charge is 0.410 e. The maximum absolute atomic E-state index is 15.0. The van der Waals surface area contributed by atoms with Crippen LogP contribution in [0.3, 0.4) is 0 Å². The predicted octanol–water partition coefficient (Wildman–Crippen LogP) is 4.37. The number of sulfonamides is 1. The Hall–Kier alpha value is -3.00. The Morgan fingerprint density at radius 3 is 2.39 bits per heavy atom. The monoisotopic (exact) mass is 706 g/mol. The Kier molecular flexibility index (Phi) is 13.7. The molecular formula is C36H55FN4O7S. The second-order valence-electron chi connectivity index (χ2n) is 14.3. The number of halogens is 1. The highest BCUT2D eigenvalue weighted by atomic mass is 32.2. The molecule has 11 nitrogen and oxygen atoms in total. The molecule has 1 aromatic rings. The van der Waals surface area contributed by atoms with Gasteiger partial charge in [-0.15, -0.1) is 0 Å². The number of amides is 1. The SMILES string of the molecule is C/C(=C\c1cc(F)cc(N(C)CC2CCN(S(C)(=O)=O)CC2)c1)[C@H]1OC(=O)C[C@H](O)CC[C@H](C)[C@H](OC(=O)N2CCN(C)CC2)/C=C/[C@@H]1C. The summed E-state index contributed by atoms with van der Waals surface area (Å²) in [5.74, 6) is -1.05. The molecule has 2 saturated heterocycles. The molecule has 49 heavy (non-hydrogen) atoms. The molecule has 0 spiro atoms. The fraction of sp³-hybridized carbons (Fsp3) is 0.667. The maximum atomic E-state index is 15.0. The molecule has 0 bridgehead atoms. The lowest BCUT2D eigenvalue weighted by Crippen LogP contribution is -2.48. The van der Waals surface area contributed by atoms with Crippen molar-refractivity contribution in [3.8, 4) is 0 Å². The fourth-order valence-corrected chi connectivity index (χ4v) is 7.66. The van der Waals surface area contributed by atoms with Crippen molar-refractivity contribution in [3.05, 3.63) is 47.3 Å². The van der Waals surface area contributed by atoms with Gasteiger partial charge in [-0.25, -0.2) is 21.9 Å². The third kappa shape index (κ3) is 11.5. The molecule has 1 amide bonds. The maximum Gasteiger partial charge on any atom is 0.410 e. The summed E-state index contributed by atoms with van der Waals surface area (Å²) >= 11 is 0. The van der Waals surface area contributed by atoms with E-state index < -0.39 is 40.1 Å². The number of ether oxygens (including phenoxy) is 2. The van der Waals surface area contributed by atoms with Gasteiger partial charge in [-0.1, -0.05) is 26.0 Å². The molecule has 0 unspecified atom stereocenters. The zero-order chi connectivity index (χ0) is 35.9. The molecule has 0 aliphatic carbocycles. The molecule has 2 fully saturated rings. The number of benzene rings is 1. The summed E-state index contributed by atoms with van der Waals surface area (Å²) in [4.78, 5) is 31.9. The lowest BCUT2D eigenvalue weighted by atomic mass is 9.91. The number of rotatable bonds is 7. The summed E-state index contributed by atoms with van der Waals surface area (Å²) in [6.45, 7) is 10.1. The molecule has 3 aliphatic rings. The predicted molar refractivity (Wildman–Crippen MR) is 189 cm³/mol. The summed E-state index contributed by atoms with van der Waals surface area (Å²) in [5, 5.41) is 10.7. The highest BCUT2D eigenvalue weighted by Gasteiger charge is 2.30. The van der Waals surface area contributed by atoms with E-state index in [0.29, 0.717) is 62.4 Å². The Morgan fingerprint density at radius 2 is 1.73 bits per heavy atom. The van der Waals surface area contributed by atoms with Gasteiger partial charge in [-0.3, -0.25) is 4.79 Å². The summed E-state index contributed by atoms with van der Waals surface area (Å²) in [5.41, 5.74) is 2.00. The molecule has 0 aromatic heterocycles. The summed E-state index contributed by atoms with van der Waals surface area (Å²) in [6.07, 6.45) is 6.56. The number of piperazine rings is 1. The van der Waals surface area contributed by atoms with Crippen LogP contribution < -0.4 is 4.90 Å². The number of anilines is 1. The normalized spacial score (nSPS) is 28.2. The van der Waals surface area contributed by atoms with Gasteiger partial charge in [0.15, 0.2) is 0 Å². The molecule has 1 aromatic carbocycles. The van der Waals surface area contributed by atoms with Gasteiger partial charge in [-0.2, -0.15) is 0 Å². The molecule has 5 atom stereocenters. The quantitative estimate of drug-likeness (QED) is 0.326. The van der Waals surface area contributed by atoms with E-state index in [1.54, 1.807) is 4.90 Å². The summed E-state index contributed by atoms with van der Waals surface area (Å²) in [7, 11) is 0.718.